The summed E-state index contributed by atoms with van der Waals surface area (Å²) >= 11 is 0. The van der Waals surface area contributed by atoms with Gasteiger partial charge in [0.1, 0.15) is 0 Å². The highest BCUT2D eigenvalue weighted by Gasteiger charge is 2.12. The van der Waals surface area contributed by atoms with Gasteiger partial charge >= 0.3 is 0 Å². The van der Waals surface area contributed by atoms with Crippen LogP contribution in [0.4, 0.5) is 0 Å². The zero-order chi connectivity index (χ0) is 12.3. The Morgan fingerprint density at radius 3 is 2.88 bits per heavy atom. The van der Waals surface area contributed by atoms with Crippen LogP contribution < -0.4 is 5.32 Å². The van der Waals surface area contributed by atoms with Gasteiger partial charge in [-0.05, 0) is 12.1 Å². The number of carbonyl (C=O) groups excluding carboxylic acids is 1. The lowest BCUT2D eigenvalue weighted by molar-refractivity contribution is 0.0919. The van der Waals surface area contributed by atoms with Crippen LogP contribution in [0.3, 0.4) is 0 Å². The van der Waals surface area contributed by atoms with Gasteiger partial charge < -0.3 is 14.2 Å². The summed E-state index contributed by atoms with van der Waals surface area (Å²) in [5.74, 6) is 1.07. The number of aromatic nitrogens is 2. The molecule has 1 amide bonds. The second kappa shape index (κ2) is 4.82. The molecule has 2 heterocycles. The summed E-state index contributed by atoms with van der Waals surface area (Å²) < 4.78 is 10.3. The molecule has 6 heteroatoms. The van der Waals surface area contributed by atoms with Gasteiger partial charge in [0.05, 0.1) is 12.8 Å². The summed E-state index contributed by atoms with van der Waals surface area (Å²) in [4.78, 5) is 11.5. The molecule has 0 atom stereocenters. The average molecular weight is 235 g/mol. The van der Waals surface area contributed by atoms with Crippen molar-refractivity contribution < 1.29 is 13.6 Å². The van der Waals surface area contributed by atoms with Crippen LogP contribution in [0.15, 0.2) is 27.2 Å². The number of carbonyl (C=O) groups is 1. The van der Waals surface area contributed by atoms with E-state index in [0.29, 0.717) is 11.8 Å². The monoisotopic (exact) mass is 235 g/mol. The Hall–Kier alpha value is -2.11. The van der Waals surface area contributed by atoms with Crippen molar-refractivity contribution in [3.05, 3.63) is 35.9 Å². The zero-order valence-corrected chi connectivity index (χ0v) is 9.64. The van der Waals surface area contributed by atoms with Crippen LogP contribution in [-0.4, -0.2) is 16.1 Å². The third-order valence-electron chi connectivity index (χ3n) is 2.12. The molecule has 0 bridgehead atoms. The van der Waals surface area contributed by atoms with Crippen molar-refractivity contribution in [2.75, 3.05) is 0 Å². The van der Waals surface area contributed by atoms with E-state index in [0.717, 1.165) is 0 Å². The molecule has 1 N–H and O–H groups in total. The van der Waals surface area contributed by atoms with E-state index in [1.807, 2.05) is 13.8 Å². The zero-order valence-electron chi connectivity index (χ0n) is 9.64. The SMILES string of the molecule is CC(C)c1nnc(CNC(=O)c2ccco2)o1. The number of furan rings is 1. The van der Waals surface area contributed by atoms with Gasteiger partial charge in [-0.3, -0.25) is 4.79 Å². The van der Waals surface area contributed by atoms with E-state index < -0.39 is 0 Å². The first kappa shape index (κ1) is 11.4. The number of nitrogens with zero attached hydrogens (tertiary/aromatic N) is 2. The Morgan fingerprint density at radius 1 is 1.47 bits per heavy atom. The fourth-order valence-electron chi connectivity index (χ4n) is 1.22. The van der Waals surface area contributed by atoms with Crippen molar-refractivity contribution in [1.82, 2.24) is 15.5 Å². The van der Waals surface area contributed by atoms with Crippen molar-refractivity contribution in [3.8, 4) is 0 Å². The molecule has 0 saturated carbocycles. The highest BCUT2D eigenvalue weighted by Crippen LogP contribution is 2.11. The number of nitrogens with one attached hydrogen (secondary N) is 1. The molecule has 0 aromatic carbocycles. The van der Waals surface area contributed by atoms with Crippen LogP contribution in [-0.2, 0) is 6.54 Å². The van der Waals surface area contributed by atoms with Crippen molar-refractivity contribution >= 4 is 5.91 Å². The Kier molecular flexibility index (Phi) is 3.22. The van der Waals surface area contributed by atoms with Gasteiger partial charge in [-0.15, -0.1) is 10.2 Å². The minimum Gasteiger partial charge on any atom is -0.459 e. The smallest absolute Gasteiger partial charge is 0.287 e. The van der Waals surface area contributed by atoms with Gasteiger partial charge in [0, 0.05) is 5.92 Å². The number of rotatable bonds is 4. The van der Waals surface area contributed by atoms with Gasteiger partial charge in [0.2, 0.25) is 11.8 Å². The first-order valence-corrected chi connectivity index (χ1v) is 5.31. The van der Waals surface area contributed by atoms with Gasteiger partial charge in [-0.2, -0.15) is 0 Å². The molecule has 0 aliphatic heterocycles. The molecule has 17 heavy (non-hydrogen) atoms. The normalized spacial score (nSPS) is 10.8. The molecule has 6 nitrogen and oxygen atoms in total. The lowest BCUT2D eigenvalue weighted by atomic mass is 10.2. The van der Waals surface area contributed by atoms with Crippen LogP contribution in [0.25, 0.3) is 0 Å². The summed E-state index contributed by atoms with van der Waals surface area (Å²) in [6, 6.07) is 3.24. The van der Waals surface area contributed by atoms with E-state index in [4.69, 9.17) is 8.83 Å². The summed E-state index contributed by atoms with van der Waals surface area (Å²) in [7, 11) is 0. The van der Waals surface area contributed by atoms with Gasteiger partial charge in [0.25, 0.3) is 5.91 Å². The molecule has 0 aliphatic carbocycles. The number of hydrogen-bond acceptors (Lipinski definition) is 5. The summed E-state index contributed by atoms with van der Waals surface area (Å²) in [5.41, 5.74) is 0. The molecule has 2 rings (SSSR count). The molecule has 0 fully saturated rings. The Balaban J connectivity index is 1.91. The van der Waals surface area contributed by atoms with Crippen LogP contribution in [0, 0.1) is 0 Å². The van der Waals surface area contributed by atoms with E-state index in [1.54, 1.807) is 12.1 Å². The summed E-state index contributed by atoms with van der Waals surface area (Å²) in [6.45, 7) is 4.11. The molecule has 0 unspecified atom stereocenters. The number of amides is 1. The first-order chi connectivity index (χ1) is 8.16. The maximum Gasteiger partial charge on any atom is 0.287 e. The fraction of sp³-hybridized carbons (Fsp3) is 0.364. The minimum absolute atomic E-state index is 0.178. The molecule has 2 aromatic heterocycles. The molecular formula is C11H13N3O3. The lowest BCUT2D eigenvalue weighted by Crippen LogP contribution is -2.22. The highest BCUT2D eigenvalue weighted by atomic mass is 16.4. The van der Waals surface area contributed by atoms with Gasteiger partial charge in [-0.1, -0.05) is 13.8 Å². The molecule has 90 valence electrons. The van der Waals surface area contributed by atoms with Crippen LogP contribution in [0.2, 0.25) is 0 Å². The van der Waals surface area contributed by atoms with E-state index >= 15 is 0 Å². The third-order valence-corrected chi connectivity index (χ3v) is 2.12. The second-order valence-corrected chi connectivity index (χ2v) is 3.85. The minimum atomic E-state index is -0.306. The predicted octanol–water partition coefficient (Wildman–Crippen LogP) is 1.72. The molecule has 0 saturated heterocycles. The van der Waals surface area contributed by atoms with E-state index in [9.17, 15) is 4.79 Å². The maximum atomic E-state index is 11.5. The van der Waals surface area contributed by atoms with Gasteiger partial charge in [-0.25, -0.2) is 0 Å². The summed E-state index contributed by atoms with van der Waals surface area (Å²) in [6.07, 6.45) is 1.44. The first-order valence-electron chi connectivity index (χ1n) is 5.31. The third kappa shape index (κ3) is 2.72. The molecule has 0 radical (unpaired) electrons. The largest absolute Gasteiger partial charge is 0.459 e. The second-order valence-electron chi connectivity index (χ2n) is 3.85. The summed E-state index contributed by atoms with van der Waals surface area (Å²) in [5, 5.41) is 10.3. The van der Waals surface area contributed by atoms with E-state index in [-0.39, 0.29) is 24.1 Å². The lowest BCUT2D eigenvalue weighted by Gasteiger charge is -1.98. The maximum absolute atomic E-state index is 11.5. The molecular weight excluding hydrogens is 222 g/mol. The molecule has 2 aromatic rings. The van der Waals surface area contributed by atoms with Crippen LogP contribution >= 0.6 is 0 Å². The Labute approximate surface area is 98.0 Å². The van der Waals surface area contributed by atoms with Crippen LogP contribution in [0.5, 0.6) is 0 Å². The fourth-order valence-corrected chi connectivity index (χ4v) is 1.22. The van der Waals surface area contributed by atoms with E-state index in [2.05, 4.69) is 15.5 Å². The van der Waals surface area contributed by atoms with Crippen molar-refractivity contribution in [1.29, 1.82) is 0 Å². The predicted molar refractivity (Wildman–Crippen MR) is 58.3 cm³/mol. The van der Waals surface area contributed by atoms with Gasteiger partial charge in [0.15, 0.2) is 5.76 Å². The molecule has 0 aliphatic rings. The van der Waals surface area contributed by atoms with Crippen LogP contribution in [0.1, 0.15) is 42.1 Å². The van der Waals surface area contributed by atoms with Crippen molar-refractivity contribution in [3.63, 3.8) is 0 Å². The quantitative estimate of drug-likeness (QED) is 0.872. The standard InChI is InChI=1S/C11H13N3O3/c1-7(2)11-14-13-9(17-11)6-12-10(15)8-4-3-5-16-8/h3-5,7H,6H2,1-2H3,(H,12,15). The average Bonchev–Trinajstić information content (AvgIpc) is 2.97. The topological polar surface area (TPSA) is 81.2 Å². The van der Waals surface area contributed by atoms with Crippen molar-refractivity contribution in [2.24, 2.45) is 0 Å². The van der Waals surface area contributed by atoms with E-state index in [1.165, 1.54) is 6.26 Å². The number of hydrogen-bond donors (Lipinski definition) is 1. The molecule has 0 spiro atoms. The Bertz CT molecular complexity index is 488. The van der Waals surface area contributed by atoms with Crippen molar-refractivity contribution in [2.45, 2.75) is 26.3 Å². The Morgan fingerprint density at radius 2 is 2.29 bits per heavy atom. The highest BCUT2D eigenvalue weighted by molar-refractivity contribution is 5.91.